The van der Waals surface area contributed by atoms with E-state index in [-0.39, 0.29) is 5.56 Å². The number of carboxylic acid groups (broad SMARTS) is 1. The highest BCUT2D eigenvalue weighted by Crippen LogP contribution is 2.36. The Hall–Kier alpha value is -2.92. The summed E-state index contributed by atoms with van der Waals surface area (Å²) >= 11 is 0. The third kappa shape index (κ3) is 4.10. The lowest BCUT2D eigenvalue weighted by Gasteiger charge is -2.28. The number of carboxylic acids is 1. The molecule has 0 fully saturated rings. The molecule has 0 amide bonds. The van der Waals surface area contributed by atoms with Crippen LogP contribution in [0.3, 0.4) is 0 Å². The highest BCUT2D eigenvalue weighted by Gasteiger charge is 2.32. The van der Waals surface area contributed by atoms with Crippen LogP contribution >= 0.6 is 0 Å². The fourth-order valence-corrected chi connectivity index (χ4v) is 3.58. The van der Waals surface area contributed by atoms with E-state index in [1.165, 1.54) is 10.1 Å². The SMILES string of the molecule is CCc1ccc(-c2c(C(OC(C)(C)C)C(=O)O)n(C)c(=O)c3ccccc23)cc1. The first-order valence-corrected chi connectivity index (χ1v) is 9.75. The molecule has 0 spiro atoms. The smallest absolute Gasteiger partial charge is 0.339 e. The van der Waals surface area contributed by atoms with Gasteiger partial charge in [0.2, 0.25) is 0 Å². The van der Waals surface area contributed by atoms with Gasteiger partial charge < -0.3 is 14.4 Å². The Bertz CT molecular complexity index is 1100. The topological polar surface area (TPSA) is 68.5 Å². The first-order chi connectivity index (χ1) is 13.6. The van der Waals surface area contributed by atoms with Crippen LogP contribution < -0.4 is 5.56 Å². The number of aliphatic carboxylic acids is 1. The third-order valence-corrected chi connectivity index (χ3v) is 4.94. The van der Waals surface area contributed by atoms with Crippen molar-refractivity contribution in [3.63, 3.8) is 0 Å². The van der Waals surface area contributed by atoms with Crippen LogP contribution in [0, 0.1) is 0 Å². The van der Waals surface area contributed by atoms with Gasteiger partial charge in [0.05, 0.1) is 11.3 Å². The van der Waals surface area contributed by atoms with Gasteiger partial charge >= 0.3 is 5.97 Å². The number of fused-ring (bicyclic) bond motifs is 1. The van der Waals surface area contributed by atoms with Gasteiger partial charge in [-0.3, -0.25) is 4.79 Å². The second kappa shape index (κ2) is 7.84. The van der Waals surface area contributed by atoms with E-state index in [1.807, 2.05) is 42.5 Å². The Labute approximate surface area is 170 Å². The van der Waals surface area contributed by atoms with E-state index in [0.29, 0.717) is 16.6 Å². The van der Waals surface area contributed by atoms with Gasteiger partial charge in [-0.15, -0.1) is 0 Å². The number of aromatic nitrogens is 1. The van der Waals surface area contributed by atoms with E-state index in [1.54, 1.807) is 33.9 Å². The summed E-state index contributed by atoms with van der Waals surface area (Å²) in [4.78, 5) is 25.3. The molecule has 29 heavy (non-hydrogen) atoms. The monoisotopic (exact) mass is 393 g/mol. The third-order valence-electron chi connectivity index (χ3n) is 4.94. The molecule has 0 aliphatic heterocycles. The van der Waals surface area contributed by atoms with E-state index in [4.69, 9.17) is 4.74 Å². The first-order valence-electron chi connectivity index (χ1n) is 9.75. The molecule has 1 N–H and O–H groups in total. The van der Waals surface area contributed by atoms with Crippen molar-refractivity contribution >= 4 is 16.7 Å². The fraction of sp³-hybridized carbons (Fsp3) is 0.333. The summed E-state index contributed by atoms with van der Waals surface area (Å²) in [5, 5.41) is 11.3. The average Bonchev–Trinajstić information content (AvgIpc) is 2.68. The van der Waals surface area contributed by atoms with Crippen molar-refractivity contribution in [2.45, 2.75) is 45.8 Å². The minimum Gasteiger partial charge on any atom is -0.479 e. The zero-order valence-corrected chi connectivity index (χ0v) is 17.5. The van der Waals surface area contributed by atoms with Crippen molar-refractivity contribution in [1.29, 1.82) is 0 Å². The van der Waals surface area contributed by atoms with Gasteiger partial charge in [0, 0.05) is 18.0 Å². The summed E-state index contributed by atoms with van der Waals surface area (Å²) in [6.07, 6.45) is -0.371. The van der Waals surface area contributed by atoms with Crippen molar-refractivity contribution in [2.75, 3.05) is 0 Å². The predicted octanol–water partition coefficient (Wildman–Crippen LogP) is 4.71. The van der Waals surface area contributed by atoms with Gasteiger partial charge in [0.25, 0.3) is 5.56 Å². The van der Waals surface area contributed by atoms with Gasteiger partial charge in [0.1, 0.15) is 0 Å². The molecule has 0 aliphatic carbocycles. The molecule has 0 aliphatic rings. The molecule has 0 saturated carbocycles. The molecular weight excluding hydrogens is 366 g/mol. The van der Waals surface area contributed by atoms with Crippen LogP contribution in [0.4, 0.5) is 0 Å². The van der Waals surface area contributed by atoms with Crippen molar-refractivity contribution < 1.29 is 14.6 Å². The van der Waals surface area contributed by atoms with Crippen LogP contribution in [-0.4, -0.2) is 21.2 Å². The lowest BCUT2D eigenvalue weighted by molar-refractivity contribution is -0.161. The van der Waals surface area contributed by atoms with Crippen LogP contribution in [0.25, 0.3) is 21.9 Å². The lowest BCUT2D eigenvalue weighted by atomic mass is 9.93. The molecule has 0 radical (unpaired) electrons. The van der Waals surface area contributed by atoms with E-state index < -0.39 is 17.7 Å². The Kier molecular flexibility index (Phi) is 5.62. The summed E-state index contributed by atoms with van der Waals surface area (Å²) < 4.78 is 7.33. The Morgan fingerprint density at radius 2 is 1.66 bits per heavy atom. The van der Waals surface area contributed by atoms with E-state index in [0.717, 1.165) is 17.4 Å². The highest BCUT2D eigenvalue weighted by atomic mass is 16.5. The number of rotatable bonds is 5. The standard InChI is InChI=1S/C24H27NO4/c1-6-15-11-13-16(14-12-15)19-17-9-7-8-10-18(17)22(26)25(5)20(19)21(23(27)28)29-24(2,3)4/h7-14,21H,6H2,1-5H3,(H,27,28). The maximum Gasteiger partial charge on any atom is 0.339 e. The molecule has 1 heterocycles. The lowest BCUT2D eigenvalue weighted by Crippen LogP contribution is -2.32. The molecule has 152 valence electrons. The summed E-state index contributed by atoms with van der Waals surface area (Å²) in [6, 6.07) is 15.3. The van der Waals surface area contributed by atoms with Crippen molar-refractivity contribution in [2.24, 2.45) is 7.05 Å². The van der Waals surface area contributed by atoms with Gasteiger partial charge in [-0.05, 0) is 49.8 Å². The van der Waals surface area contributed by atoms with E-state index in [9.17, 15) is 14.7 Å². The zero-order chi connectivity index (χ0) is 21.3. The van der Waals surface area contributed by atoms with Crippen LogP contribution in [0.2, 0.25) is 0 Å². The van der Waals surface area contributed by atoms with Crippen LogP contribution in [0.15, 0.2) is 53.3 Å². The molecule has 0 saturated heterocycles. The minimum atomic E-state index is -1.28. The normalized spacial score (nSPS) is 12.9. The number of benzene rings is 2. The highest BCUT2D eigenvalue weighted by molar-refractivity contribution is 5.98. The number of hydrogen-bond acceptors (Lipinski definition) is 3. The number of ether oxygens (including phenoxy) is 1. The van der Waals surface area contributed by atoms with Gasteiger partial charge in [0.15, 0.2) is 6.10 Å². The van der Waals surface area contributed by atoms with Crippen molar-refractivity contribution in [3.05, 3.63) is 70.1 Å². The Morgan fingerprint density at radius 3 is 2.17 bits per heavy atom. The Balaban J connectivity index is 2.42. The largest absolute Gasteiger partial charge is 0.479 e. The van der Waals surface area contributed by atoms with Gasteiger partial charge in [-0.25, -0.2) is 4.79 Å². The van der Waals surface area contributed by atoms with Crippen LogP contribution in [0.1, 0.15) is 45.1 Å². The average molecular weight is 393 g/mol. The molecule has 1 aromatic heterocycles. The maximum atomic E-state index is 13.0. The fourth-order valence-electron chi connectivity index (χ4n) is 3.58. The number of carbonyl (C=O) groups is 1. The number of aryl methyl sites for hydroxylation is 1. The molecule has 3 rings (SSSR count). The Morgan fingerprint density at radius 1 is 1.07 bits per heavy atom. The number of nitrogens with zero attached hydrogens (tertiary/aromatic N) is 1. The molecule has 3 aromatic rings. The van der Waals surface area contributed by atoms with Crippen molar-refractivity contribution in [1.82, 2.24) is 4.57 Å². The summed E-state index contributed by atoms with van der Waals surface area (Å²) in [5.41, 5.74) is 2.15. The number of pyridine rings is 1. The van der Waals surface area contributed by atoms with E-state index in [2.05, 4.69) is 6.92 Å². The minimum absolute atomic E-state index is 0.242. The number of hydrogen-bond donors (Lipinski definition) is 1. The maximum absolute atomic E-state index is 13.0. The second-order valence-corrected chi connectivity index (χ2v) is 8.17. The van der Waals surface area contributed by atoms with Gasteiger partial charge in [-0.1, -0.05) is 49.4 Å². The predicted molar refractivity (Wildman–Crippen MR) is 115 cm³/mol. The van der Waals surface area contributed by atoms with Crippen LogP contribution in [0.5, 0.6) is 0 Å². The summed E-state index contributed by atoms with van der Waals surface area (Å²) in [7, 11) is 1.61. The molecular formula is C24H27NO4. The van der Waals surface area contributed by atoms with Crippen molar-refractivity contribution in [3.8, 4) is 11.1 Å². The molecule has 2 aromatic carbocycles. The molecule has 5 heteroatoms. The quantitative estimate of drug-likeness (QED) is 0.682. The summed E-state index contributed by atoms with van der Waals surface area (Å²) in [6.45, 7) is 7.49. The first kappa shape index (κ1) is 20.8. The van der Waals surface area contributed by atoms with Crippen LogP contribution in [-0.2, 0) is 23.0 Å². The van der Waals surface area contributed by atoms with E-state index >= 15 is 0 Å². The van der Waals surface area contributed by atoms with Gasteiger partial charge in [-0.2, -0.15) is 0 Å². The summed E-state index contributed by atoms with van der Waals surface area (Å²) in [5.74, 6) is -1.13. The second-order valence-electron chi connectivity index (χ2n) is 8.17. The molecule has 5 nitrogen and oxygen atoms in total. The molecule has 1 unspecified atom stereocenters. The molecule has 0 bridgehead atoms. The zero-order valence-electron chi connectivity index (χ0n) is 17.5. The molecule has 1 atom stereocenters.